The van der Waals surface area contributed by atoms with Gasteiger partial charge in [-0.25, -0.2) is 4.98 Å². The van der Waals surface area contributed by atoms with E-state index in [0.29, 0.717) is 38.8 Å². The molecule has 1 aromatic heterocycles. The van der Waals surface area contributed by atoms with Gasteiger partial charge in [-0.15, -0.1) is 0 Å². The Hall–Kier alpha value is -3.74. The highest BCUT2D eigenvalue weighted by molar-refractivity contribution is 5.92. The second kappa shape index (κ2) is 9.02. The Labute approximate surface area is 192 Å². The van der Waals surface area contributed by atoms with Crippen LogP contribution >= 0.6 is 0 Å². The van der Waals surface area contributed by atoms with Gasteiger partial charge in [0.25, 0.3) is 5.91 Å². The number of aromatic nitrogens is 2. The molecule has 5 rings (SSSR count). The molecule has 2 atom stereocenters. The predicted octanol–water partition coefficient (Wildman–Crippen LogP) is 3.68. The minimum Gasteiger partial charge on any atom is -0.487 e. The number of likely N-dealkylation sites (tertiary alicyclic amines) is 1. The van der Waals surface area contributed by atoms with Gasteiger partial charge < -0.3 is 15.0 Å². The molecular weight excluding hydrogens is 416 g/mol. The lowest BCUT2D eigenvalue weighted by atomic mass is 9.82. The molecule has 1 spiro atoms. The van der Waals surface area contributed by atoms with E-state index in [-0.39, 0.29) is 23.6 Å². The van der Waals surface area contributed by atoms with Crippen LogP contribution in [0.4, 0.5) is 0 Å². The van der Waals surface area contributed by atoms with E-state index < -0.39 is 5.60 Å². The fourth-order valence-electron chi connectivity index (χ4n) is 4.75. The smallest absolute Gasteiger partial charge is 0.271 e. The highest BCUT2D eigenvalue weighted by Gasteiger charge is 2.43. The maximum Gasteiger partial charge on any atom is 0.271 e. The molecule has 0 aliphatic carbocycles. The fraction of sp³-hybridized carbons (Fsp3) is 0.308. The molecule has 0 radical (unpaired) electrons. The first-order valence-electron chi connectivity index (χ1n) is 11.3. The van der Waals surface area contributed by atoms with Gasteiger partial charge >= 0.3 is 0 Å². The number of amides is 2. The number of carbonyl (C=O) groups is 2. The van der Waals surface area contributed by atoms with Crippen molar-refractivity contribution in [3.63, 3.8) is 0 Å². The Morgan fingerprint density at radius 1 is 1.09 bits per heavy atom. The summed E-state index contributed by atoms with van der Waals surface area (Å²) in [7, 11) is 0. The van der Waals surface area contributed by atoms with Gasteiger partial charge in [0.05, 0.1) is 12.2 Å². The molecule has 168 valence electrons. The Balaban J connectivity index is 1.37. The fourth-order valence-corrected chi connectivity index (χ4v) is 4.75. The molecule has 1 fully saturated rings. The van der Waals surface area contributed by atoms with E-state index in [1.807, 2.05) is 59.5 Å². The second-order valence-electron chi connectivity index (χ2n) is 8.69. The van der Waals surface area contributed by atoms with Crippen molar-refractivity contribution in [2.45, 2.75) is 43.9 Å². The molecule has 0 unspecified atom stereocenters. The first-order chi connectivity index (χ1) is 16.1. The molecular formula is C26H26N4O3. The lowest BCUT2D eigenvalue weighted by Gasteiger charge is -2.42. The molecule has 1 N–H and O–H groups in total. The molecule has 0 bridgehead atoms. The summed E-state index contributed by atoms with van der Waals surface area (Å²) in [6, 6.07) is 17.6. The third-order valence-corrected chi connectivity index (χ3v) is 6.50. The van der Waals surface area contributed by atoms with E-state index >= 15 is 0 Å². The first kappa shape index (κ1) is 21.1. The van der Waals surface area contributed by atoms with Crippen LogP contribution in [0.2, 0.25) is 0 Å². The molecule has 7 nitrogen and oxygen atoms in total. The normalized spacial score (nSPS) is 22.2. The van der Waals surface area contributed by atoms with Crippen LogP contribution in [0, 0.1) is 0 Å². The Bertz CT molecular complexity index is 1140. The third kappa shape index (κ3) is 4.58. The Morgan fingerprint density at radius 2 is 1.91 bits per heavy atom. The zero-order valence-electron chi connectivity index (χ0n) is 18.3. The maximum absolute atomic E-state index is 12.9. The molecule has 1 saturated heterocycles. The number of nitrogens with one attached hydrogen (secondary N) is 1. The van der Waals surface area contributed by atoms with Crippen LogP contribution in [0.3, 0.4) is 0 Å². The molecule has 2 aromatic carbocycles. The molecule has 2 amide bonds. The minimum absolute atomic E-state index is 0.137. The molecule has 2 aliphatic heterocycles. The molecule has 3 heterocycles. The van der Waals surface area contributed by atoms with Crippen molar-refractivity contribution < 1.29 is 14.3 Å². The summed E-state index contributed by atoms with van der Waals surface area (Å²) in [5.74, 6) is 0.630. The number of benzene rings is 2. The van der Waals surface area contributed by atoms with Gasteiger partial charge in [-0.3, -0.25) is 14.6 Å². The van der Waals surface area contributed by atoms with Gasteiger partial charge in [0.2, 0.25) is 5.91 Å². The van der Waals surface area contributed by atoms with Gasteiger partial charge in [0.1, 0.15) is 17.0 Å². The lowest BCUT2D eigenvalue weighted by Crippen LogP contribution is -2.46. The topological polar surface area (TPSA) is 84.4 Å². The minimum atomic E-state index is -0.518. The lowest BCUT2D eigenvalue weighted by molar-refractivity contribution is -0.131. The summed E-state index contributed by atoms with van der Waals surface area (Å²) < 4.78 is 6.55. The van der Waals surface area contributed by atoms with Crippen molar-refractivity contribution in [2.24, 2.45) is 0 Å². The zero-order chi connectivity index (χ0) is 22.7. The maximum atomic E-state index is 12.9. The second-order valence-corrected chi connectivity index (χ2v) is 8.69. The van der Waals surface area contributed by atoms with Crippen LogP contribution in [-0.4, -0.2) is 38.8 Å². The van der Waals surface area contributed by atoms with Crippen LogP contribution in [0.1, 0.15) is 53.3 Å². The first-order valence-corrected chi connectivity index (χ1v) is 11.3. The Morgan fingerprint density at radius 3 is 2.73 bits per heavy atom. The molecule has 33 heavy (non-hydrogen) atoms. The average Bonchev–Trinajstić information content (AvgIpc) is 2.99. The van der Waals surface area contributed by atoms with Crippen molar-refractivity contribution in [2.75, 3.05) is 6.54 Å². The van der Waals surface area contributed by atoms with Crippen molar-refractivity contribution >= 4 is 11.8 Å². The van der Waals surface area contributed by atoms with Crippen molar-refractivity contribution in [3.8, 4) is 5.75 Å². The molecule has 2 aliphatic rings. The summed E-state index contributed by atoms with van der Waals surface area (Å²) in [5, 5.41) is 3.13. The molecule has 3 aromatic rings. The van der Waals surface area contributed by atoms with E-state index in [0.717, 1.165) is 16.9 Å². The number of nitrogens with zero attached hydrogens (tertiary/aromatic N) is 3. The van der Waals surface area contributed by atoms with Crippen molar-refractivity contribution in [1.29, 1.82) is 0 Å². The summed E-state index contributed by atoms with van der Waals surface area (Å²) in [6.07, 6.45) is 6.84. The molecule has 7 heteroatoms. The van der Waals surface area contributed by atoms with Crippen molar-refractivity contribution in [1.82, 2.24) is 20.2 Å². The number of rotatable bonds is 4. The van der Waals surface area contributed by atoms with Crippen LogP contribution in [0.15, 0.2) is 73.2 Å². The largest absolute Gasteiger partial charge is 0.487 e. The summed E-state index contributed by atoms with van der Waals surface area (Å²) in [4.78, 5) is 35.8. The van der Waals surface area contributed by atoms with Gasteiger partial charge in [-0.2, -0.15) is 0 Å². The van der Waals surface area contributed by atoms with E-state index in [1.165, 1.54) is 12.4 Å². The third-order valence-electron chi connectivity index (χ3n) is 6.50. The summed E-state index contributed by atoms with van der Waals surface area (Å²) in [5.41, 5.74) is 1.82. The number of para-hydroxylation sites is 1. The van der Waals surface area contributed by atoms with Crippen LogP contribution in [0.5, 0.6) is 5.75 Å². The van der Waals surface area contributed by atoms with E-state index in [4.69, 9.17) is 4.74 Å². The molecule has 0 saturated carbocycles. The van der Waals surface area contributed by atoms with Crippen LogP contribution in [-0.2, 0) is 11.3 Å². The summed E-state index contributed by atoms with van der Waals surface area (Å²) >= 11 is 0. The van der Waals surface area contributed by atoms with Crippen molar-refractivity contribution in [3.05, 3.63) is 90.0 Å². The number of hydrogen-bond acceptors (Lipinski definition) is 5. The predicted molar refractivity (Wildman–Crippen MR) is 122 cm³/mol. The SMILES string of the molecule is O=C(N[C@H]1C[C@@]2(CCC(=O)N(Cc3ccccc3)CC2)Oc2ccccc21)c1cnccn1. The quantitative estimate of drug-likeness (QED) is 0.666. The Kier molecular flexibility index (Phi) is 5.77. The monoisotopic (exact) mass is 442 g/mol. The average molecular weight is 443 g/mol. The van der Waals surface area contributed by atoms with Gasteiger partial charge in [0, 0.05) is 50.3 Å². The zero-order valence-corrected chi connectivity index (χ0v) is 18.3. The number of carbonyl (C=O) groups excluding carboxylic acids is 2. The van der Waals surface area contributed by atoms with E-state index in [2.05, 4.69) is 15.3 Å². The van der Waals surface area contributed by atoms with E-state index in [9.17, 15) is 9.59 Å². The van der Waals surface area contributed by atoms with Gasteiger partial charge in [-0.1, -0.05) is 48.5 Å². The summed E-state index contributed by atoms with van der Waals surface area (Å²) in [6.45, 7) is 1.21. The highest BCUT2D eigenvalue weighted by atomic mass is 16.5. The number of ether oxygens (including phenoxy) is 1. The standard InChI is InChI=1S/C26H26N4O3/c31-24-10-11-26(12-15-30(24)18-19-6-2-1-3-7-19)16-21(20-8-4-5-9-23(20)33-26)29-25(32)22-17-27-13-14-28-22/h1-9,13-14,17,21H,10-12,15-16,18H2,(H,29,32)/t21-,26-/m0/s1. The van der Waals surface area contributed by atoms with Crippen LogP contribution < -0.4 is 10.1 Å². The number of hydrogen-bond donors (Lipinski definition) is 1. The number of fused-ring (bicyclic) bond motifs is 1. The van der Waals surface area contributed by atoms with E-state index in [1.54, 1.807) is 6.20 Å². The van der Waals surface area contributed by atoms with Gasteiger partial charge in [-0.05, 0) is 18.1 Å². The highest BCUT2D eigenvalue weighted by Crippen LogP contribution is 2.44. The van der Waals surface area contributed by atoms with Gasteiger partial charge in [0.15, 0.2) is 0 Å². The van der Waals surface area contributed by atoms with Crippen LogP contribution in [0.25, 0.3) is 0 Å².